The van der Waals surface area contributed by atoms with Crippen molar-refractivity contribution in [2.24, 2.45) is 0 Å². The summed E-state index contributed by atoms with van der Waals surface area (Å²) in [6, 6.07) is 5.95. The maximum Gasteiger partial charge on any atom is 0.270 e. The van der Waals surface area contributed by atoms with Gasteiger partial charge in [0.15, 0.2) is 0 Å². The molecule has 0 bridgehead atoms. The van der Waals surface area contributed by atoms with Crippen molar-refractivity contribution >= 4 is 21.6 Å². The van der Waals surface area contributed by atoms with Gasteiger partial charge in [-0.2, -0.15) is 0 Å². The molecule has 1 fully saturated rings. The van der Waals surface area contributed by atoms with E-state index in [9.17, 15) is 10.1 Å². The minimum atomic E-state index is -0.378. The lowest BCUT2D eigenvalue weighted by atomic mass is 10.00. The molecule has 110 valence electrons. The zero-order valence-corrected chi connectivity index (χ0v) is 13.4. The first-order valence-electron chi connectivity index (χ1n) is 6.93. The van der Waals surface area contributed by atoms with Crippen LogP contribution in [0.5, 0.6) is 0 Å². The van der Waals surface area contributed by atoms with E-state index in [1.807, 2.05) is 0 Å². The molecule has 20 heavy (non-hydrogen) atoms. The quantitative estimate of drug-likeness (QED) is 0.671. The maximum atomic E-state index is 10.7. The Morgan fingerprint density at radius 2 is 2.05 bits per heavy atom. The molecule has 1 aliphatic rings. The van der Waals surface area contributed by atoms with Gasteiger partial charge in [-0.25, -0.2) is 5.01 Å². The van der Waals surface area contributed by atoms with Gasteiger partial charge in [0.1, 0.15) is 0 Å². The van der Waals surface area contributed by atoms with Gasteiger partial charge in [0.05, 0.1) is 4.92 Å². The van der Waals surface area contributed by atoms with Gasteiger partial charge in [0.2, 0.25) is 0 Å². The highest BCUT2D eigenvalue weighted by molar-refractivity contribution is 9.10. The van der Waals surface area contributed by atoms with E-state index >= 15 is 0 Å². The lowest BCUT2D eigenvalue weighted by Gasteiger charge is -2.39. The molecule has 5 nitrogen and oxygen atoms in total. The summed E-state index contributed by atoms with van der Waals surface area (Å²) in [5.41, 5.74) is 4.60. The van der Waals surface area contributed by atoms with Crippen LogP contribution in [0.1, 0.15) is 38.7 Å². The summed E-state index contributed by atoms with van der Waals surface area (Å²) < 4.78 is 0.775. The van der Waals surface area contributed by atoms with Gasteiger partial charge in [0, 0.05) is 35.2 Å². The van der Waals surface area contributed by atoms with Crippen LogP contribution in [0.3, 0.4) is 0 Å². The summed E-state index contributed by atoms with van der Waals surface area (Å²) in [5.74, 6) is 0. The van der Waals surface area contributed by atoms with E-state index in [1.54, 1.807) is 18.2 Å². The molecule has 0 amide bonds. The molecular formula is C14H20BrN3O2. The standard InChI is InChI=1S/C14H20BrN3O2/c1-10-4-3-5-11(2)17(10)16-9-12-6-7-13(18(19)20)8-14(12)15/h6-8,10-11,16H,3-5,9H2,1-2H3. The Morgan fingerprint density at radius 3 is 2.60 bits per heavy atom. The molecule has 0 radical (unpaired) electrons. The van der Waals surface area contributed by atoms with Crippen LogP contribution in [0, 0.1) is 10.1 Å². The van der Waals surface area contributed by atoms with E-state index in [-0.39, 0.29) is 10.6 Å². The molecule has 2 unspecified atom stereocenters. The average Bonchev–Trinajstić information content (AvgIpc) is 2.39. The van der Waals surface area contributed by atoms with Crippen molar-refractivity contribution in [2.45, 2.75) is 51.7 Å². The van der Waals surface area contributed by atoms with Crippen LogP contribution in [0.4, 0.5) is 5.69 Å². The van der Waals surface area contributed by atoms with Crippen molar-refractivity contribution in [2.75, 3.05) is 0 Å². The molecule has 2 rings (SSSR count). The zero-order chi connectivity index (χ0) is 14.7. The molecular weight excluding hydrogens is 322 g/mol. The van der Waals surface area contributed by atoms with E-state index in [4.69, 9.17) is 0 Å². The van der Waals surface area contributed by atoms with Crippen molar-refractivity contribution in [3.8, 4) is 0 Å². The molecule has 1 saturated heterocycles. The highest BCUT2D eigenvalue weighted by Crippen LogP contribution is 2.24. The minimum absolute atomic E-state index is 0.111. The Kier molecular flexibility index (Phi) is 5.12. The molecule has 1 aromatic carbocycles. The van der Waals surface area contributed by atoms with E-state index in [0.29, 0.717) is 18.6 Å². The number of hydrazine groups is 1. The number of non-ortho nitro benzene ring substituents is 1. The number of nitrogens with one attached hydrogen (secondary N) is 1. The van der Waals surface area contributed by atoms with Crippen LogP contribution in [0.2, 0.25) is 0 Å². The second-order valence-corrected chi connectivity index (χ2v) is 6.26. The average molecular weight is 342 g/mol. The first kappa shape index (κ1) is 15.4. The SMILES string of the molecule is CC1CCCC(C)N1NCc1ccc([N+](=O)[O-])cc1Br. The van der Waals surface area contributed by atoms with Gasteiger partial charge in [0.25, 0.3) is 5.69 Å². The van der Waals surface area contributed by atoms with Gasteiger partial charge in [-0.15, -0.1) is 0 Å². The number of nitro benzene ring substituents is 1. The summed E-state index contributed by atoms with van der Waals surface area (Å²) >= 11 is 3.41. The Bertz CT molecular complexity index is 485. The Hall–Kier alpha value is -0.980. The first-order valence-corrected chi connectivity index (χ1v) is 7.73. The van der Waals surface area contributed by atoms with Crippen LogP contribution < -0.4 is 5.43 Å². The Morgan fingerprint density at radius 1 is 1.40 bits per heavy atom. The van der Waals surface area contributed by atoms with Crippen molar-refractivity contribution in [1.29, 1.82) is 0 Å². The fourth-order valence-corrected chi connectivity index (χ4v) is 3.21. The molecule has 1 aliphatic heterocycles. The second kappa shape index (κ2) is 6.65. The van der Waals surface area contributed by atoms with Crippen molar-refractivity contribution < 1.29 is 4.92 Å². The third-order valence-corrected chi connectivity index (χ3v) is 4.63. The van der Waals surface area contributed by atoms with Crippen LogP contribution in [0.25, 0.3) is 0 Å². The number of hydrogen-bond acceptors (Lipinski definition) is 4. The predicted molar refractivity (Wildman–Crippen MR) is 82.3 cm³/mol. The highest BCUT2D eigenvalue weighted by Gasteiger charge is 2.24. The topological polar surface area (TPSA) is 58.4 Å². The Labute approximate surface area is 127 Å². The second-order valence-electron chi connectivity index (χ2n) is 5.40. The molecule has 1 heterocycles. The summed E-state index contributed by atoms with van der Waals surface area (Å²) in [7, 11) is 0. The van der Waals surface area contributed by atoms with Gasteiger partial charge in [-0.05, 0) is 38.3 Å². The van der Waals surface area contributed by atoms with Crippen LogP contribution in [0.15, 0.2) is 22.7 Å². The zero-order valence-electron chi connectivity index (χ0n) is 11.8. The van der Waals surface area contributed by atoms with E-state index in [0.717, 1.165) is 10.0 Å². The lowest BCUT2D eigenvalue weighted by molar-refractivity contribution is -0.384. The predicted octanol–water partition coefficient (Wildman–Crippen LogP) is 3.62. The first-order chi connectivity index (χ1) is 9.49. The van der Waals surface area contributed by atoms with Gasteiger partial charge in [-0.1, -0.05) is 22.4 Å². The fourth-order valence-electron chi connectivity index (χ4n) is 2.70. The van der Waals surface area contributed by atoms with E-state index in [2.05, 4.69) is 40.2 Å². The largest absolute Gasteiger partial charge is 0.270 e. The monoisotopic (exact) mass is 341 g/mol. The molecule has 2 atom stereocenters. The fraction of sp³-hybridized carbons (Fsp3) is 0.571. The molecule has 0 aliphatic carbocycles. The number of piperidine rings is 1. The Balaban J connectivity index is 2.01. The molecule has 0 saturated carbocycles. The maximum absolute atomic E-state index is 10.7. The van der Waals surface area contributed by atoms with Gasteiger partial charge >= 0.3 is 0 Å². The van der Waals surface area contributed by atoms with E-state index in [1.165, 1.54) is 19.3 Å². The van der Waals surface area contributed by atoms with Gasteiger partial charge in [-0.3, -0.25) is 15.5 Å². The van der Waals surface area contributed by atoms with Gasteiger partial charge < -0.3 is 0 Å². The molecule has 0 spiro atoms. The summed E-state index contributed by atoms with van der Waals surface area (Å²) in [5, 5.41) is 13.0. The summed E-state index contributed by atoms with van der Waals surface area (Å²) in [4.78, 5) is 10.3. The number of nitro groups is 1. The van der Waals surface area contributed by atoms with Crippen molar-refractivity contribution in [1.82, 2.24) is 10.4 Å². The summed E-state index contributed by atoms with van der Waals surface area (Å²) in [6.45, 7) is 5.13. The third-order valence-electron chi connectivity index (χ3n) is 3.89. The number of nitrogens with zero attached hydrogens (tertiary/aromatic N) is 2. The van der Waals surface area contributed by atoms with Crippen LogP contribution in [-0.2, 0) is 6.54 Å². The molecule has 0 aromatic heterocycles. The molecule has 6 heteroatoms. The molecule has 1 aromatic rings. The number of rotatable bonds is 4. The third kappa shape index (κ3) is 3.56. The summed E-state index contributed by atoms with van der Waals surface area (Å²) in [6.07, 6.45) is 3.69. The van der Waals surface area contributed by atoms with Crippen LogP contribution >= 0.6 is 15.9 Å². The van der Waals surface area contributed by atoms with Crippen molar-refractivity contribution in [3.05, 3.63) is 38.3 Å². The molecule has 1 N–H and O–H groups in total. The van der Waals surface area contributed by atoms with Crippen molar-refractivity contribution in [3.63, 3.8) is 0 Å². The smallest absolute Gasteiger partial charge is 0.258 e. The number of hydrogen-bond donors (Lipinski definition) is 1. The van der Waals surface area contributed by atoms with Crippen LogP contribution in [-0.4, -0.2) is 22.0 Å². The minimum Gasteiger partial charge on any atom is -0.258 e. The number of halogens is 1. The lowest BCUT2D eigenvalue weighted by Crippen LogP contribution is -2.51. The van der Waals surface area contributed by atoms with E-state index < -0.39 is 0 Å². The highest BCUT2D eigenvalue weighted by atomic mass is 79.9. The number of benzene rings is 1. The normalized spacial score (nSPS) is 23.8.